The highest BCUT2D eigenvalue weighted by molar-refractivity contribution is 5.43. The van der Waals surface area contributed by atoms with Crippen molar-refractivity contribution in [1.29, 1.82) is 0 Å². The number of hydrogen-bond donors (Lipinski definition) is 1. The van der Waals surface area contributed by atoms with Gasteiger partial charge in [-0.1, -0.05) is 18.2 Å². The molecule has 0 fully saturated rings. The van der Waals surface area contributed by atoms with E-state index in [1.165, 1.54) is 36.4 Å². The number of hydrogen-bond acceptors (Lipinski definition) is 2. The molecule has 2 rings (SSSR count). The molecular formula is C13H9F4NO. The molecule has 2 nitrogen and oxygen atoms in total. The van der Waals surface area contributed by atoms with Gasteiger partial charge in [-0.15, -0.1) is 0 Å². The van der Waals surface area contributed by atoms with Gasteiger partial charge in [-0.25, -0.2) is 9.87 Å². The summed E-state index contributed by atoms with van der Waals surface area (Å²) in [6.45, 7) is 0. The van der Waals surface area contributed by atoms with E-state index in [2.05, 4.69) is 5.48 Å². The zero-order chi connectivity index (χ0) is 13.9. The van der Waals surface area contributed by atoms with Crippen molar-refractivity contribution < 1.29 is 22.4 Å². The molecule has 0 spiro atoms. The molecule has 0 saturated carbocycles. The maximum absolute atomic E-state index is 12.9. The van der Waals surface area contributed by atoms with Gasteiger partial charge in [0.05, 0.1) is 5.69 Å². The van der Waals surface area contributed by atoms with Crippen LogP contribution in [0, 0.1) is 5.82 Å². The van der Waals surface area contributed by atoms with Crippen molar-refractivity contribution >= 4 is 5.69 Å². The maximum atomic E-state index is 12.9. The van der Waals surface area contributed by atoms with Gasteiger partial charge < -0.3 is 4.84 Å². The lowest BCUT2D eigenvalue weighted by atomic mass is 10.2. The lowest BCUT2D eigenvalue weighted by molar-refractivity contribution is -0.138. The van der Waals surface area contributed by atoms with Crippen LogP contribution in [0.2, 0.25) is 0 Å². The number of para-hydroxylation sites is 1. The number of anilines is 1. The number of alkyl halides is 3. The van der Waals surface area contributed by atoms with Crippen LogP contribution in [0.25, 0.3) is 0 Å². The van der Waals surface area contributed by atoms with Crippen LogP contribution in [0.5, 0.6) is 5.75 Å². The predicted octanol–water partition coefficient (Wildman–Crippen LogP) is 4.25. The third-order valence-electron chi connectivity index (χ3n) is 2.30. The van der Waals surface area contributed by atoms with Gasteiger partial charge >= 0.3 is 6.18 Å². The Hall–Kier alpha value is -2.24. The number of benzene rings is 2. The minimum absolute atomic E-state index is 0.219. The molecule has 2 aromatic rings. The third-order valence-corrected chi connectivity index (χ3v) is 2.30. The molecule has 1 N–H and O–H groups in total. The molecule has 0 atom stereocenters. The summed E-state index contributed by atoms with van der Waals surface area (Å²) in [5.74, 6) is -0.892. The van der Waals surface area contributed by atoms with E-state index in [0.29, 0.717) is 0 Å². The molecule has 0 aliphatic heterocycles. The standard InChI is InChI=1S/C13H9F4NO/c14-9-4-3-5-10(8-9)18-19-12-7-2-1-6-11(12)13(15,16)17/h1-8,18H. The highest BCUT2D eigenvalue weighted by atomic mass is 19.4. The molecule has 0 aliphatic carbocycles. The monoisotopic (exact) mass is 271 g/mol. The van der Waals surface area contributed by atoms with Gasteiger partial charge in [0, 0.05) is 6.07 Å². The summed E-state index contributed by atoms with van der Waals surface area (Å²) in [5, 5.41) is 0. The Labute approximate surface area is 106 Å². The van der Waals surface area contributed by atoms with Crippen LogP contribution in [-0.4, -0.2) is 0 Å². The Balaban J connectivity index is 2.16. The summed E-state index contributed by atoms with van der Waals surface area (Å²) in [4.78, 5) is 4.87. The van der Waals surface area contributed by atoms with Gasteiger partial charge in [-0.3, -0.25) is 0 Å². The highest BCUT2D eigenvalue weighted by Crippen LogP contribution is 2.35. The van der Waals surface area contributed by atoms with E-state index in [-0.39, 0.29) is 11.4 Å². The topological polar surface area (TPSA) is 21.3 Å². The van der Waals surface area contributed by atoms with Crippen LogP contribution >= 0.6 is 0 Å². The lowest BCUT2D eigenvalue weighted by Crippen LogP contribution is -2.12. The van der Waals surface area contributed by atoms with Gasteiger partial charge in [-0.2, -0.15) is 13.2 Å². The first kappa shape index (κ1) is 13.2. The summed E-state index contributed by atoms with van der Waals surface area (Å²) in [6.07, 6.45) is -4.51. The predicted molar refractivity (Wildman–Crippen MR) is 62.1 cm³/mol. The molecule has 19 heavy (non-hydrogen) atoms. The Bertz CT molecular complexity index is 569. The molecule has 0 heterocycles. The van der Waals surface area contributed by atoms with E-state index in [4.69, 9.17) is 4.84 Å². The second-order valence-electron chi connectivity index (χ2n) is 3.71. The van der Waals surface area contributed by atoms with Crippen molar-refractivity contribution in [2.45, 2.75) is 6.18 Å². The maximum Gasteiger partial charge on any atom is 0.420 e. The van der Waals surface area contributed by atoms with Gasteiger partial charge in [-0.05, 0) is 24.3 Å². The Morgan fingerprint density at radius 1 is 0.947 bits per heavy atom. The molecule has 0 aromatic heterocycles. The molecule has 0 bridgehead atoms. The summed E-state index contributed by atoms with van der Waals surface area (Å²) in [7, 11) is 0. The molecule has 0 amide bonds. The normalized spacial score (nSPS) is 11.2. The molecule has 100 valence electrons. The SMILES string of the molecule is Fc1cccc(NOc2ccccc2C(F)(F)F)c1. The number of rotatable bonds is 3. The minimum atomic E-state index is -4.51. The summed E-state index contributed by atoms with van der Waals surface area (Å²) < 4.78 is 50.9. The Morgan fingerprint density at radius 2 is 1.68 bits per heavy atom. The first-order chi connectivity index (χ1) is 8.97. The smallest absolute Gasteiger partial charge is 0.382 e. The lowest BCUT2D eigenvalue weighted by Gasteiger charge is -2.14. The van der Waals surface area contributed by atoms with Gasteiger partial charge in [0.25, 0.3) is 0 Å². The molecule has 0 radical (unpaired) electrons. The first-order valence-corrected chi connectivity index (χ1v) is 5.31. The fourth-order valence-electron chi connectivity index (χ4n) is 1.46. The van der Waals surface area contributed by atoms with E-state index in [0.717, 1.165) is 12.1 Å². The van der Waals surface area contributed by atoms with Crippen molar-refractivity contribution in [3.8, 4) is 5.75 Å². The third kappa shape index (κ3) is 3.37. The highest BCUT2D eigenvalue weighted by Gasteiger charge is 2.34. The van der Waals surface area contributed by atoms with Crippen molar-refractivity contribution in [2.24, 2.45) is 0 Å². The van der Waals surface area contributed by atoms with E-state index < -0.39 is 17.6 Å². The second kappa shape index (κ2) is 5.17. The fourth-order valence-corrected chi connectivity index (χ4v) is 1.46. The molecule has 0 saturated heterocycles. The van der Waals surface area contributed by atoms with Crippen molar-refractivity contribution in [1.82, 2.24) is 0 Å². The van der Waals surface area contributed by atoms with Crippen LogP contribution in [0.4, 0.5) is 23.2 Å². The summed E-state index contributed by atoms with van der Waals surface area (Å²) >= 11 is 0. The zero-order valence-electron chi connectivity index (χ0n) is 9.54. The minimum Gasteiger partial charge on any atom is -0.382 e. The van der Waals surface area contributed by atoms with Crippen molar-refractivity contribution in [3.63, 3.8) is 0 Å². The molecule has 0 unspecified atom stereocenters. The van der Waals surface area contributed by atoms with Crippen LogP contribution in [0.1, 0.15) is 5.56 Å². The molecular weight excluding hydrogens is 262 g/mol. The van der Waals surface area contributed by atoms with E-state index in [1.54, 1.807) is 0 Å². The first-order valence-electron chi connectivity index (χ1n) is 5.31. The van der Waals surface area contributed by atoms with Crippen LogP contribution < -0.4 is 10.3 Å². The van der Waals surface area contributed by atoms with Crippen LogP contribution in [-0.2, 0) is 6.18 Å². The summed E-state index contributed by atoms with van der Waals surface area (Å²) in [5.41, 5.74) is 1.59. The number of halogens is 4. The van der Waals surface area contributed by atoms with E-state index >= 15 is 0 Å². The Kier molecular flexibility index (Phi) is 3.59. The average Bonchev–Trinajstić information content (AvgIpc) is 2.36. The van der Waals surface area contributed by atoms with Crippen LogP contribution in [0.3, 0.4) is 0 Å². The second-order valence-corrected chi connectivity index (χ2v) is 3.71. The summed E-state index contributed by atoms with van der Waals surface area (Å²) in [6, 6.07) is 9.97. The zero-order valence-corrected chi connectivity index (χ0v) is 9.54. The van der Waals surface area contributed by atoms with Crippen molar-refractivity contribution in [3.05, 3.63) is 59.9 Å². The van der Waals surface area contributed by atoms with E-state index in [9.17, 15) is 17.6 Å². The quantitative estimate of drug-likeness (QED) is 0.665. The van der Waals surface area contributed by atoms with Crippen molar-refractivity contribution in [2.75, 3.05) is 5.48 Å². The molecule has 6 heteroatoms. The van der Waals surface area contributed by atoms with E-state index in [1.807, 2.05) is 0 Å². The average molecular weight is 271 g/mol. The molecule has 0 aliphatic rings. The van der Waals surface area contributed by atoms with Gasteiger partial charge in [0.2, 0.25) is 0 Å². The van der Waals surface area contributed by atoms with Crippen LogP contribution in [0.15, 0.2) is 48.5 Å². The van der Waals surface area contributed by atoms with Gasteiger partial charge in [0.15, 0.2) is 5.75 Å². The number of nitrogens with one attached hydrogen (secondary N) is 1. The fraction of sp³-hybridized carbons (Fsp3) is 0.0769. The Morgan fingerprint density at radius 3 is 2.37 bits per heavy atom. The largest absolute Gasteiger partial charge is 0.420 e. The molecule has 2 aromatic carbocycles. The van der Waals surface area contributed by atoms with Gasteiger partial charge in [0.1, 0.15) is 11.4 Å².